The molecule has 3 N–H and O–H groups in total. The van der Waals surface area contributed by atoms with Crippen molar-refractivity contribution in [2.75, 3.05) is 11.9 Å². The Morgan fingerprint density at radius 2 is 2.29 bits per heavy atom. The lowest BCUT2D eigenvalue weighted by atomic mass is 9.84. The van der Waals surface area contributed by atoms with E-state index in [0.717, 1.165) is 12.1 Å². The first kappa shape index (κ1) is 11.9. The lowest BCUT2D eigenvalue weighted by Gasteiger charge is -2.32. The van der Waals surface area contributed by atoms with E-state index < -0.39 is 0 Å². The van der Waals surface area contributed by atoms with E-state index in [2.05, 4.69) is 16.4 Å². The second-order valence-corrected chi connectivity index (χ2v) is 4.54. The van der Waals surface area contributed by atoms with Gasteiger partial charge in [0.05, 0.1) is 5.69 Å². The van der Waals surface area contributed by atoms with Crippen LogP contribution in [0.4, 0.5) is 5.69 Å². The third-order valence-corrected chi connectivity index (χ3v) is 3.47. The number of anilines is 1. The Bertz CT molecular complexity index is 410. The molecule has 0 bridgehead atoms. The Balaban J connectivity index is 2.11. The van der Waals surface area contributed by atoms with E-state index in [-0.39, 0.29) is 0 Å². The van der Waals surface area contributed by atoms with E-state index in [0.29, 0.717) is 24.2 Å². The third-order valence-electron chi connectivity index (χ3n) is 3.47. The molecule has 2 atom stereocenters. The van der Waals surface area contributed by atoms with E-state index in [1.165, 1.54) is 19.3 Å². The third kappa shape index (κ3) is 2.75. The highest BCUT2D eigenvalue weighted by molar-refractivity contribution is 5.54. The van der Waals surface area contributed by atoms with Crippen LogP contribution in [0.3, 0.4) is 0 Å². The first-order chi connectivity index (χ1) is 8.35. The lowest BCUT2D eigenvalue weighted by molar-refractivity contribution is 0.332. The van der Waals surface area contributed by atoms with E-state index in [1.54, 1.807) is 6.20 Å². The predicted octanol–water partition coefficient (Wildman–Crippen LogP) is 1.88. The van der Waals surface area contributed by atoms with Crippen LogP contribution >= 0.6 is 0 Å². The van der Waals surface area contributed by atoms with E-state index >= 15 is 0 Å². The molecule has 1 aromatic heterocycles. The van der Waals surface area contributed by atoms with Crippen LogP contribution in [0.1, 0.15) is 31.4 Å². The van der Waals surface area contributed by atoms with Gasteiger partial charge < -0.3 is 11.1 Å². The van der Waals surface area contributed by atoms with Gasteiger partial charge in [-0.25, -0.2) is 4.98 Å². The number of nitrogens with one attached hydrogen (secondary N) is 1. The number of hydrogen-bond acceptors (Lipinski definition) is 4. The maximum absolute atomic E-state index is 8.99. The second-order valence-electron chi connectivity index (χ2n) is 4.54. The molecule has 90 valence electrons. The van der Waals surface area contributed by atoms with Crippen LogP contribution in [-0.4, -0.2) is 17.6 Å². The monoisotopic (exact) mass is 230 g/mol. The molecule has 0 amide bonds. The van der Waals surface area contributed by atoms with Crippen molar-refractivity contribution in [1.82, 2.24) is 4.98 Å². The zero-order chi connectivity index (χ0) is 12.1. The summed E-state index contributed by atoms with van der Waals surface area (Å²) in [7, 11) is 0. The molecule has 0 radical (unpaired) electrons. The maximum Gasteiger partial charge on any atom is 0.163 e. The van der Waals surface area contributed by atoms with Crippen LogP contribution in [0, 0.1) is 17.2 Å². The molecule has 1 heterocycles. The summed E-state index contributed by atoms with van der Waals surface area (Å²) in [5.41, 5.74) is 7.10. The van der Waals surface area contributed by atoms with Gasteiger partial charge in [-0.1, -0.05) is 12.8 Å². The highest BCUT2D eigenvalue weighted by Gasteiger charge is 2.24. The Morgan fingerprint density at radius 3 is 3.06 bits per heavy atom. The maximum atomic E-state index is 8.99. The van der Waals surface area contributed by atoms with Crippen molar-refractivity contribution in [2.24, 2.45) is 11.7 Å². The highest BCUT2D eigenvalue weighted by atomic mass is 15.0. The Kier molecular flexibility index (Phi) is 3.94. The normalized spacial score (nSPS) is 24.0. The average Bonchev–Trinajstić information content (AvgIpc) is 2.40. The van der Waals surface area contributed by atoms with Gasteiger partial charge in [-0.15, -0.1) is 0 Å². The van der Waals surface area contributed by atoms with Crippen LogP contribution in [0.25, 0.3) is 0 Å². The van der Waals surface area contributed by atoms with Crippen molar-refractivity contribution in [3.8, 4) is 6.07 Å². The quantitative estimate of drug-likeness (QED) is 0.831. The molecule has 0 spiro atoms. The molecule has 4 nitrogen and oxygen atoms in total. The molecular formula is C13H18N4. The number of nitrogens with zero attached hydrogens (tertiary/aromatic N) is 2. The molecule has 1 saturated carbocycles. The van der Waals surface area contributed by atoms with Gasteiger partial charge in [-0.05, 0) is 37.4 Å². The molecule has 1 aliphatic rings. The van der Waals surface area contributed by atoms with Crippen molar-refractivity contribution in [1.29, 1.82) is 5.26 Å². The van der Waals surface area contributed by atoms with Crippen LogP contribution in [0.15, 0.2) is 18.3 Å². The van der Waals surface area contributed by atoms with Crippen LogP contribution in [-0.2, 0) is 0 Å². The predicted molar refractivity (Wildman–Crippen MR) is 67.4 cm³/mol. The number of rotatable bonds is 3. The molecule has 17 heavy (non-hydrogen) atoms. The van der Waals surface area contributed by atoms with Gasteiger partial charge in [-0.2, -0.15) is 5.26 Å². The number of nitrogens with two attached hydrogens (primary N) is 1. The van der Waals surface area contributed by atoms with Gasteiger partial charge in [0.1, 0.15) is 6.07 Å². The molecule has 2 unspecified atom stereocenters. The van der Waals surface area contributed by atoms with E-state index in [1.807, 2.05) is 12.1 Å². The van der Waals surface area contributed by atoms with Crippen molar-refractivity contribution < 1.29 is 0 Å². The fraction of sp³-hybridized carbons (Fsp3) is 0.538. The minimum atomic E-state index is 0.380. The number of nitriles is 1. The lowest BCUT2D eigenvalue weighted by Crippen LogP contribution is -2.36. The van der Waals surface area contributed by atoms with Gasteiger partial charge in [0, 0.05) is 12.2 Å². The molecule has 0 aliphatic heterocycles. The molecule has 4 heteroatoms. The zero-order valence-electron chi connectivity index (χ0n) is 9.89. The van der Waals surface area contributed by atoms with E-state index in [9.17, 15) is 0 Å². The largest absolute Gasteiger partial charge is 0.380 e. The summed E-state index contributed by atoms with van der Waals surface area (Å²) in [4.78, 5) is 4.06. The molecule has 2 rings (SSSR count). The second kappa shape index (κ2) is 5.65. The Morgan fingerprint density at radius 1 is 1.47 bits per heavy atom. The van der Waals surface area contributed by atoms with Crippen LogP contribution < -0.4 is 11.1 Å². The summed E-state index contributed by atoms with van der Waals surface area (Å²) in [5, 5.41) is 12.4. The highest BCUT2D eigenvalue weighted by Crippen LogP contribution is 2.27. The summed E-state index contributed by atoms with van der Waals surface area (Å²) in [6.45, 7) is 0.708. The summed E-state index contributed by atoms with van der Waals surface area (Å²) < 4.78 is 0. The Hall–Kier alpha value is -1.60. The smallest absolute Gasteiger partial charge is 0.163 e. The van der Waals surface area contributed by atoms with Gasteiger partial charge in [0.25, 0.3) is 0 Å². The summed E-state index contributed by atoms with van der Waals surface area (Å²) in [5.74, 6) is 0.510. The van der Waals surface area contributed by atoms with Crippen molar-refractivity contribution in [3.63, 3.8) is 0 Å². The summed E-state index contributed by atoms with van der Waals surface area (Å²) >= 11 is 0. The first-order valence-corrected chi connectivity index (χ1v) is 6.17. The minimum Gasteiger partial charge on any atom is -0.380 e. The topological polar surface area (TPSA) is 74.7 Å². The van der Waals surface area contributed by atoms with Crippen LogP contribution in [0.5, 0.6) is 0 Å². The molecular weight excluding hydrogens is 212 g/mol. The molecule has 1 aromatic rings. The van der Waals surface area contributed by atoms with Crippen molar-refractivity contribution in [3.05, 3.63) is 24.0 Å². The van der Waals surface area contributed by atoms with Crippen molar-refractivity contribution in [2.45, 2.75) is 31.7 Å². The van der Waals surface area contributed by atoms with Crippen molar-refractivity contribution >= 4 is 5.69 Å². The van der Waals surface area contributed by atoms with Gasteiger partial charge in [0.2, 0.25) is 0 Å². The first-order valence-electron chi connectivity index (χ1n) is 6.17. The van der Waals surface area contributed by atoms with Gasteiger partial charge >= 0.3 is 0 Å². The fourth-order valence-electron chi connectivity index (χ4n) is 2.49. The fourth-order valence-corrected chi connectivity index (χ4v) is 2.49. The number of pyridine rings is 1. The molecule has 0 saturated heterocycles. The van der Waals surface area contributed by atoms with Crippen LogP contribution in [0.2, 0.25) is 0 Å². The SMILES string of the molecule is N#Cc1ncccc1NC1CCCCC1CN. The molecule has 0 aromatic carbocycles. The molecule has 1 fully saturated rings. The zero-order valence-corrected chi connectivity index (χ0v) is 9.89. The van der Waals surface area contributed by atoms with Gasteiger partial charge in [-0.3, -0.25) is 0 Å². The minimum absolute atomic E-state index is 0.380. The Labute approximate surface area is 102 Å². The number of hydrogen-bond donors (Lipinski definition) is 2. The standard InChI is InChI=1S/C13H18N4/c14-8-10-4-1-2-5-11(10)17-12-6-3-7-16-13(12)9-15/h3,6-7,10-11,17H,1-2,4-5,8,14H2. The summed E-state index contributed by atoms with van der Waals surface area (Å²) in [6.07, 6.45) is 6.44. The summed E-state index contributed by atoms with van der Waals surface area (Å²) in [6, 6.07) is 6.25. The average molecular weight is 230 g/mol. The van der Waals surface area contributed by atoms with Gasteiger partial charge in [0.15, 0.2) is 5.69 Å². The molecule has 1 aliphatic carbocycles. The number of aromatic nitrogens is 1. The van der Waals surface area contributed by atoms with E-state index in [4.69, 9.17) is 11.0 Å².